The van der Waals surface area contributed by atoms with Crippen LogP contribution in [-0.2, 0) is 0 Å². The van der Waals surface area contributed by atoms with Gasteiger partial charge in [-0.3, -0.25) is 0 Å². The highest BCUT2D eigenvalue weighted by molar-refractivity contribution is 9.10. The average Bonchev–Trinajstić information content (AvgIpc) is 2.57. The van der Waals surface area contributed by atoms with Gasteiger partial charge in [0.1, 0.15) is 0 Å². The second-order valence-corrected chi connectivity index (χ2v) is 5.92. The highest BCUT2D eigenvalue weighted by Gasteiger charge is 2.21. The zero-order chi connectivity index (χ0) is 11.4. The first-order valence-corrected chi connectivity index (χ1v) is 7.33. The topological polar surface area (TPSA) is 0 Å². The van der Waals surface area contributed by atoms with Crippen LogP contribution in [0.4, 0.5) is 0 Å². The molecule has 0 radical (unpaired) electrons. The molecule has 1 saturated carbocycles. The van der Waals surface area contributed by atoms with Crippen LogP contribution in [0.2, 0.25) is 0 Å². The van der Waals surface area contributed by atoms with E-state index in [9.17, 15) is 0 Å². The summed E-state index contributed by atoms with van der Waals surface area (Å²) in [6, 6.07) is 8.71. The molecule has 1 unspecified atom stereocenters. The fraction of sp³-hybridized carbons (Fsp3) is 0.600. The highest BCUT2D eigenvalue weighted by Crippen LogP contribution is 2.37. The van der Waals surface area contributed by atoms with Gasteiger partial charge < -0.3 is 0 Å². The summed E-state index contributed by atoms with van der Waals surface area (Å²) in [6.45, 7) is 2.40. The molecule has 0 heterocycles. The van der Waals surface area contributed by atoms with E-state index in [0.29, 0.717) is 5.92 Å². The molecular weight excluding hydrogens is 260 g/mol. The van der Waals surface area contributed by atoms with Crippen molar-refractivity contribution in [1.29, 1.82) is 0 Å². The van der Waals surface area contributed by atoms with E-state index in [-0.39, 0.29) is 0 Å². The molecule has 1 fully saturated rings. The quantitative estimate of drug-likeness (QED) is 0.626. The van der Waals surface area contributed by atoms with Gasteiger partial charge in [0.2, 0.25) is 0 Å². The lowest BCUT2D eigenvalue weighted by Crippen LogP contribution is -2.09. The maximum absolute atomic E-state index is 3.68. The van der Waals surface area contributed by atoms with E-state index in [4.69, 9.17) is 0 Å². The lowest BCUT2D eigenvalue weighted by Gasteiger charge is -2.23. The normalized spacial score (nSPS) is 20.4. The van der Waals surface area contributed by atoms with Crippen molar-refractivity contribution < 1.29 is 0 Å². The summed E-state index contributed by atoms with van der Waals surface area (Å²) in [5.41, 5.74) is 1.49. The third kappa shape index (κ3) is 2.88. The Morgan fingerprint density at radius 1 is 1.06 bits per heavy atom. The molecule has 88 valence electrons. The Morgan fingerprint density at radius 3 is 2.31 bits per heavy atom. The first kappa shape index (κ1) is 12.2. The second kappa shape index (κ2) is 5.86. The van der Waals surface area contributed by atoms with Crippen LogP contribution in [0.25, 0.3) is 0 Å². The standard InChI is InChI=1S/C15H21Br/c1-12(13-8-4-2-3-5-9-13)14-10-6-7-11-15(14)16/h6-7,10-13H,2-5,8-9H2,1H3. The van der Waals surface area contributed by atoms with Gasteiger partial charge in [-0.15, -0.1) is 0 Å². The van der Waals surface area contributed by atoms with Crippen LogP contribution in [-0.4, -0.2) is 0 Å². The van der Waals surface area contributed by atoms with Crippen LogP contribution in [0, 0.1) is 5.92 Å². The van der Waals surface area contributed by atoms with Gasteiger partial charge in [-0.05, 0) is 36.3 Å². The molecular formula is C15H21Br. The van der Waals surface area contributed by atoms with Gasteiger partial charge in [-0.1, -0.05) is 66.7 Å². The van der Waals surface area contributed by atoms with E-state index in [1.165, 1.54) is 48.6 Å². The molecule has 0 saturated heterocycles. The monoisotopic (exact) mass is 280 g/mol. The highest BCUT2D eigenvalue weighted by atomic mass is 79.9. The zero-order valence-electron chi connectivity index (χ0n) is 10.1. The van der Waals surface area contributed by atoms with E-state index >= 15 is 0 Å². The Kier molecular flexibility index (Phi) is 4.45. The Hall–Kier alpha value is -0.300. The van der Waals surface area contributed by atoms with E-state index in [1.807, 2.05) is 0 Å². The second-order valence-electron chi connectivity index (χ2n) is 5.06. The van der Waals surface area contributed by atoms with Crippen molar-refractivity contribution in [3.8, 4) is 0 Å². The fourth-order valence-corrected chi connectivity index (χ4v) is 3.56. The molecule has 0 spiro atoms. The van der Waals surface area contributed by atoms with Crippen LogP contribution in [0.1, 0.15) is 56.9 Å². The maximum Gasteiger partial charge on any atom is 0.0210 e. The third-order valence-electron chi connectivity index (χ3n) is 4.00. The van der Waals surface area contributed by atoms with Gasteiger partial charge >= 0.3 is 0 Å². The van der Waals surface area contributed by atoms with Crippen molar-refractivity contribution in [1.82, 2.24) is 0 Å². The number of hydrogen-bond donors (Lipinski definition) is 0. The number of halogens is 1. The molecule has 0 aromatic heterocycles. The van der Waals surface area contributed by atoms with Gasteiger partial charge in [0.15, 0.2) is 0 Å². The lowest BCUT2D eigenvalue weighted by molar-refractivity contribution is 0.393. The molecule has 2 rings (SSSR count). The van der Waals surface area contributed by atoms with E-state index in [2.05, 4.69) is 47.1 Å². The van der Waals surface area contributed by atoms with Crippen LogP contribution >= 0.6 is 15.9 Å². The van der Waals surface area contributed by atoms with Crippen molar-refractivity contribution in [2.45, 2.75) is 51.4 Å². The fourth-order valence-electron chi connectivity index (χ4n) is 2.91. The Labute approximate surface area is 108 Å². The summed E-state index contributed by atoms with van der Waals surface area (Å²) in [5, 5.41) is 0. The van der Waals surface area contributed by atoms with Gasteiger partial charge in [0.25, 0.3) is 0 Å². The summed E-state index contributed by atoms with van der Waals surface area (Å²) in [7, 11) is 0. The van der Waals surface area contributed by atoms with Crippen molar-refractivity contribution in [2.24, 2.45) is 5.92 Å². The molecule has 1 aromatic carbocycles. The van der Waals surface area contributed by atoms with Crippen LogP contribution in [0.3, 0.4) is 0 Å². The Morgan fingerprint density at radius 2 is 1.69 bits per heavy atom. The van der Waals surface area contributed by atoms with Gasteiger partial charge in [-0.25, -0.2) is 0 Å². The van der Waals surface area contributed by atoms with Crippen molar-refractivity contribution in [3.05, 3.63) is 34.3 Å². The number of hydrogen-bond acceptors (Lipinski definition) is 0. The summed E-state index contributed by atoms with van der Waals surface area (Å²) in [4.78, 5) is 0. The molecule has 0 N–H and O–H groups in total. The third-order valence-corrected chi connectivity index (χ3v) is 4.72. The van der Waals surface area contributed by atoms with Gasteiger partial charge in [0.05, 0.1) is 0 Å². The summed E-state index contributed by atoms with van der Waals surface area (Å²) in [6.07, 6.45) is 8.59. The van der Waals surface area contributed by atoms with Crippen LogP contribution in [0.5, 0.6) is 0 Å². The maximum atomic E-state index is 3.68. The molecule has 1 aliphatic rings. The molecule has 1 atom stereocenters. The summed E-state index contributed by atoms with van der Waals surface area (Å²) >= 11 is 3.68. The SMILES string of the molecule is CC(c1ccccc1Br)C1CCCCCC1. The van der Waals surface area contributed by atoms with Crippen LogP contribution in [0.15, 0.2) is 28.7 Å². The number of rotatable bonds is 2. The lowest BCUT2D eigenvalue weighted by atomic mass is 9.83. The first-order chi connectivity index (χ1) is 7.79. The molecule has 1 aromatic rings. The zero-order valence-corrected chi connectivity index (χ0v) is 11.7. The minimum Gasteiger partial charge on any atom is -0.0619 e. The predicted molar refractivity (Wildman–Crippen MR) is 73.7 cm³/mol. The van der Waals surface area contributed by atoms with Crippen molar-refractivity contribution in [2.75, 3.05) is 0 Å². The van der Waals surface area contributed by atoms with E-state index in [1.54, 1.807) is 0 Å². The summed E-state index contributed by atoms with van der Waals surface area (Å²) < 4.78 is 1.28. The minimum atomic E-state index is 0.702. The van der Waals surface area contributed by atoms with E-state index in [0.717, 1.165) is 5.92 Å². The average molecular weight is 281 g/mol. The summed E-state index contributed by atoms with van der Waals surface area (Å²) in [5.74, 6) is 1.59. The molecule has 0 bridgehead atoms. The Balaban J connectivity index is 2.11. The first-order valence-electron chi connectivity index (χ1n) is 6.53. The molecule has 1 heteroatoms. The predicted octanol–water partition coefficient (Wildman–Crippen LogP) is 5.52. The molecule has 16 heavy (non-hydrogen) atoms. The molecule has 1 aliphatic carbocycles. The van der Waals surface area contributed by atoms with Gasteiger partial charge in [0, 0.05) is 4.47 Å². The van der Waals surface area contributed by atoms with E-state index < -0.39 is 0 Å². The number of benzene rings is 1. The Bertz CT molecular complexity index is 324. The largest absolute Gasteiger partial charge is 0.0619 e. The smallest absolute Gasteiger partial charge is 0.0210 e. The van der Waals surface area contributed by atoms with Crippen molar-refractivity contribution in [3.63, 3.8) is 0 Å². The molecule has 0 aliphatic heterocycles. The molecule has 0 nitrogen and oxygen atoms in total. The molecule has 0 amide bonds. The minimum absolute atomic E-state index is 0.702. The van der Waals surface area contributed by atoms with Gasteiger partial charge in [-0.2, -0.15) is 0 Å². The van der Waals surface area contributed by atoms with Crippen molar-refractivity contribution >= 4 is 15.9 Å². The van der Waals surface area contributed by atoms with Crippen LogP contribution < -0.4 is 0 Å².